The number of amides is 1. The molecule has 0 saturated heterocycles. The van der Waals surface area contributed by atoms with Crippen LogP contribution in [0.2, 0.25) is 0 Å². The number of ether oxygens (including phenoxy) is 1. The van der Waals surface area contributed by atoms with E-state index in [0.29, 0.717) is 24.2 Å². The molecule has 35 heavy (non-hydrogen) atoms. The molecule has 9 nitrogen and oxygen atoms in total. The average Bonchev–Trinajstić information content (AvgIpc) is 3.32. The van der Waals surface area contributed by atoms with Crippen LogP contribution in [0.3, 0.4) is 0 Å². The molecular formula is C25H25N3O6S. The maximum atomic E-state index is 13.5. The van der Waals surface area contributed by atoms with Crippen LogP contribution in [0.1, 0.15) is 34.5 Å². The second kappa shape index (κ2) is 9.38. The third-order valence-electron chi connectivity index (χ3n) is 6.30. The number of benzene rings is 3. The van der Waals surface area contributed by atoms with E-state index < -0.39 is 26.9 Å². The summed E-state index contributed by atoms with van der Waals surface area (Å²) in [6, 6.07) is 17.1. The van der Waals surface area contributed by atoms with E-state index in [4.69, 9.17) is 4.74 Å². The summed E-state index contributed by atoms with van der Waals surface area (Å²) in [6.45, 7) is 2.06. The standard InChI is InChI=1S/C25H25N3O6S/c1-17(19-8-6-9-20(15-19)28(30)31)26(2)25(29)22-16-21(11-12-24(22)34-3)35(32,33)27-14-13-18-7-4-5-10-23(18)27/h4-12,15-17H,13-14H2,1-3H3. The maximum Gasteiger partial charge on any atom is 0.269 e. The number of non-ortho nitro benzene ring substituents is 1. The lowest BCUT2D eigenvalue weighted by atomic mass is 10.1. The van der Waals surface area contributed by atoms with Gasteiger partial charge in [0.1, 0.15) is 5.75 Å². The topological polar surface area (TPSA) is 110 Å². The van der Waals surface area contributed by atoms with Crippen LogP contribution in [0.25, 0.3) is 0 Å². The maximum absolute atomic E-state index is 13.5. The normalized spacial score (nSPS) is 13.7. The van der Waals surface area contributed by atoms with Crippen molar-refractivity contribution in [3.63, 3.8) is 0 Å². The summed E-state index contributed by atoms with van der Waals surface area (Å²) in [7, 11) is -0.952. The van der Waals surface area contributed by atoms with Crippen molar-refractivity contribution in [3.8, 4) is 5.75 Å². The summed E-state index contributed by atoms with van der Waals surface area (Å²) in [6.07, 6.45) is 0.612. The minimum absolute atomic E-state index is 0.0187. The summed E-state index contributed by atoms with van der Waals surface area (Å²) in [4.78, 5) is 25.5. The van der Waals surface area contributed by atoms with Gasteiger partial charge in [0.2, 0.25) is 0 Å². The quantitative estimate of drug-likeness (QED) is 0.359. The van der Waals surface area contributed by atoms with Crippen molar-refractivity contribution >= 4 is 27.3 Å². The van der Waals surface area contributed by atoms with Crippen molar-refractivity contribution in [3.05, 3.63) is 93.5 Å². The van der Waals surface area contributed by atoms with Gasteiger partial charge in [0.05, 0.1) is 34.2 Å². The Morgan fingerprint density at radius 2 is 1.86 bits per heavy atom. The van der Waals surface area contributed by atoms with Gasteiger partial charge in [0, 0.05) is 25.7 Å². The van der Waals surface area contributed by atoms with Crippen LogP contribution in [0, 0.1) is 10.1 Å². The van der Waals surface area contributed by atoms with E-state index >= 15 is 0 Å². The second-order valence-corrected chi connectivity index (χ2v) is 10.1. The molecule has 1 amide bonds. The number of nitrogens with zero attached hydrogens (tertiary/aromatic N) is 3. The molecule has 1 unspecified atom stereocenters. The number of nitro benzene ring substituents is 1. The minimum Gasteiger partial charge on any atom is -0.496 e. The largest absolute Gasteiger partial charge is 0.496 e. The number of para-hydroxylation sites is 1. The molecule has 1 atom stereocenters. The summed E-state index contributed by atoms with van der Waals surface area (Å²) >= 11 is 0. The summed E-state index contributed by atoms with van der Waals surface area (Å²) in [5.74, 6) is -0.242. The first kappa shape index (κ1) is 24.2. The molecule has 1 aliphatic heterocycles. The zero-order valence-corrected chi connectivity index (χ0v) is 20.4. The van der Waals surface area contributed by atoms with Crippen LogP contribution >= 0.6 is 0 Å². The lowest BCUT2D eigenvalue weighted by molar-refractivity contribution is -0.384. The minimum atomic E-state index is -3.91. The highest BCUT2D eigenvalue weighted by Crippen LogP contribution is 2.34. The summed E-state index contributed by atoms with van der Waals surface area (Å²) < 4.78 is 33.7. The van der Waals surface area contributed by atoms with Gasteiger partial charge in [0.15, 0.2) is 0 Å². The van der Waals surface area contributed by atoms with E-state index in [1.807, 2.05) is 12.1 Å². The number of hydrogen-bond donors (Lipinski definition) is 0. The second-order valence-electron chi connectivity index (χ2n) is 8.26. The molecule has 3 aromatic rings. The van der Waals surface area contributed by atoms with Crippen LogP contribution in [-0.4, -0.2) is 44.9 Å². The van der Waals surface area contributed by atoms with Gasteiger partial charge in [-0.1, -0.05) is 30.3 Å². The SMILES string of the molecule is COc1ccc(S(=O)(=O)N2CCc3ccccc32)cc1C(=O)N(C)C(C)c1cccc([N+](=O)[O-])c1. The third-order valence-corrected chi connectivity index (χ3v) is 8.11. The number of carbonyl (C=O) groups excluding carboxylic acids is 1. The number of carbonyl (C=O) groups is 1. The fourth-order valence-corrected chi connectivity index (χ4v) is 5.72. The number of hydrogen-bond acceptors (Lipinski definition) is 6. The van der Waals surface area contributed by atoms with Crippen molar-refractivity contribution in [2.45, 2.75) is 24.3 Å². The number of sulfonamides is 1. The number of rotatable bonds is 7. The summed E-state index contributed by atoms with van der Waals surface area (Å²) in [5, 5.41) is 11.1. The number of fused-ring (bicyclic) bond motifs is 1. The van der Waals surface area contributed by atoms with Gasteiger partial charge >= 0.3 is 0 Å². The van der Waals surface area contributed by atoms with Crippen molar-refractivity contribution in [1.29, 1.82) is 0 Å². The van der Waals surface area contributed by atoms with Gasteiger partial charge in [-0.25, -0.2) is 8.42 Å². The van der Waals surface area contributed by atoms with Gasteiger partial charge in [0.25, 0.3) is 21.6 Å². The van der Waals surface area contributed by atoms with Crippen LogP contribution in [-0.2, 0) is 16.4 Å². The third kappa shape index (κ3) is 4.44. The predicted octanol–water partition coefficient (Wildman–Crippen LogP) is 4.19. The number of nitro groups is 1. The number of methoxy groups -OCH3 is 1. The molecule has 1 heterocycles. The molecule has 3 aromatic carbocycles. The van der Waals surface area contributed by atoms with Gasteiger partial charge in [-0.2, -0.15) is 0 Å². The van der Waals surface area contributed by atoms with E-state index in [1.165, 1.54) is 46.6 Å². The van der Waals surface area contributed by atoms with Gasteiger partial charge in [-0.15, -0.1) is 0 Å². The smallest absolute Gasteiger partial charge is 0.269 e. The molecule has 1 aliphatic rings. The lowest BCUT2D eigenvalue weighted by Gasteiger charge is -2.26. The van der Waals surface area contributed by atoms with Crippen molar-refractivity contribution in [2.24, 2.45) is 0 Å². The van der Waals surface area contributed by atoms with Gasteiger partial charge < -0.3 is 9.64 Å². The van der Waals surface area contributed by atoms with E-state index in [1.54, 1.807) is 38.2 Å². The molecule has 0 aliphatic carbocycles. The van der Waals surface area contributed by atoms with E-state index in [0.717, 1.165) is 5.56 Å². The first-order valence-corrected chi connectivity index (χ1v) is 12.4. The van der Waals surface area contributed by atoms with E-state index in [2.05, 4.69) is 0 Å². The van der Waals surface area contributed by atoms with Crippen molar-refractivity contribution in [1.82, 2.24) is 4.90 Å². The predicted molar refractivity (Wildman–Crippen MR) is 131 cm³/mol. The highest BCUT2D eigenvalue weighted by Gasteiger charge is 2.32. The average molecular weight is 496 g/mol. The van der Waals surface area contributed by atoms with Crippen LogP contribution < -0.4 is 9.04 Å². The lowest BCUT2D eigenvalue weighted by Crippen LogP contribution is -2.31. The highest BCUT2D eigenvalue weighted by atomic mass is 32.2. The molecule has 0 fully saturated rings. The molecule has 182 valence electrons. The van der Waals surface area contributed by atoms with Crippen molar-refractivity contribution in [2.75, 3.05) is 25.0 Å². The van der Waals surface area contributed by atoms with Gasteiger partial charge in [-0.05, 0) is 48.7 Å². The van der Waals surface area contributed by atoms with Crippen LogP contribution in [0.5, 0.6) is 5.75 Å². The molecule has 0 bridgehead atoms. The molecule has 0 saturated carbocycles. The molecule has 4 rings (SSSR count). The fraction of sp³-hybridized carbons (Fsp3) is 0.240. The molecule has 0 spiro atoms. The van der Waals surface area contributed by atoms with Gasteiger partial charge in [-0.3, -0.25) is 19.2 Å². The van der Waals surface area contributed by atoms with Crippen molar-refractivity contribution < 1.29 is 22.9 Å². The fourth-order valence-electron chi connectivity index (χ4n) is 4.19. The Kier molecular flexibility index (Phi) is 6.49. The molecule has 0 radical (unpaired) electrons. The zero-order chi connectivity index (χ0) is 25.3. The Morgan fingerprint density at radius 3 is 2.57 bits per heavy atom. The van der Waals surface area contributed by atoms with E-state index in [-0.39, 0.29) is 21.9 Å². The monoisotopic (exact) mass is 495 g/mol. The zero-order valence-electron chi connectivity index (χ0n) is 19.5. The molecule has 0 N–H and O–H groups in total. The first-order valence-electron chi connectivity index (χ1n) is 11.0. The van der Waals surface area contributed by atoms with Crippen LogP contribution in [0.15, 0.2) is 71.6 Å². The van der Waals surface area contributed by atoms with Crippen LogP contribution in [0.4, 0.5) is 11.4 Å². The molecular weight excluding hydrogens is 470 g/mol. The summed E-state index contributed by atoms with van der Waals surface area (Å²) in [5.41, 5.74) is 2.16. The first-order chi connectivity index (χ1) is 16.6. The Morgan fingerprint density at radius 1 is 1.11 bits per heavy atom. The Labute approximate surface area is 203 Å². The number of anilines is 1. The Balaban J connectivity index is 1.68. The van der Waals surface area contributed by atoms with E-state index in [9.17, 15) is 23.3 Å². The molecule has 10 heteroatoms. The highest BCUT2D eigenvalue weighted by molar-refractivity contribution is 7.92. The Hall–Kier alpha value is -3.92. The Bertz CT molecular complexity index is 1410. The molecule has 0 aromatic heterocycles.